The van der Waals surface area contributed by atoms with Crippen LogP contribution in [-0.4, -0.2) is 40.4 Å². The van der Waals surface area contributed by atoms with Gasteiger partial charge in [0, 0.05) is 28.6 Å². The van der Waals surface area contributed by atoms with Gasteiger partial charge in [0.25, 0.3) is 0 Å². The first kappa shape index (κ1) is 21.8. The van der Waals surface area contributed by atoms with Crippen molar-refractivity contribution in [2.75, 3.05) is 6.61 Å². The van der Waals surface area contributed by atoms with Crippen LogP contribution in [0.5, 0.6) is 0 Å². The fourth-order valence-electron chi connectivity index (χ4n) is 6.03. The quantitative estimate of drug-likeness (QED) is 0.565. The maximum atomic E-state index is 13.1. The summed E-state index contributed by atoms with van der Waals surface area (Å²) in [6.07, 6.45) is 5.18. The molecule has 2 fully saturated rings. The third-order valence-corrected chi connectivity index (χ3v) is 8.08. The summed E-state index contributed by atoms with van der Waals surface area (Å²) in [5.41, 5.74) is 7.43. The predicted molar refractivity (Wildman–Crippen MR) is 118 cm³/mol. The van der Waals surface area contributed by atoms with Gasteiger partial charge in [-0.2, -0.15) is 0 Å². The fraction of sp³-hybridized carbons (Fsp3) is 0.522. The molecule has 7 heteroatoms. The van der Waals surface area contributed by atoms with E-state index in [4.69, 9.17) is 28.9 Å². The van der Waals surface area contributed by atoms with Crippen LogP contribution in [0.1, 0.15) is 44.1 Å². The smallest absolute Gasteiger partial charge is 0.228 e. The van der Waals surface area contributed by atoms with E-state index in [2.05, 4.69) is 5.32 Å². The number of aliphatic hydroxyl groups excluding tert-OH is 2. The van der Waals surface area contributed by atoms with Gasteiger partial charge in [-0.25, -0.2) is 0 Å². The monoisotopic (exact) mass is 450 g/mol. The summed E-state index contributed by atoms with van der Waals surface area (Å²) in [7, 11) is 0. The van der Waals surface area contributed by atoms with Gasteiger partial charge in [-0.05, 0) is 67.9 Å². The van der Waals surface area contributed by atoms with Crippen LogP contribution in [0.3, 0.4) is 0 Å². The number of halogens is 2. The van der Waals surface area contributed by atoms with E-state index in [-0.39, 0.29) is 30.4 Å². The number of allylic oxidation sites excluding steroid dienone is 2. The second-order valence-electron chi connectivity index (χ2n) is 8.84. The first-order chi connectivity index (χ1) is 14.2. The molecule has 162 valence electrons. The molecule has 0 aromatic heterocycles. The standard InChI is InChI=1S/C23H28Cl2N2O3/c1-13-23(26)20(14-2-4-15(24)5-3-14)18(17-7-6-16(29)12-19(17)25)8-9-22(23,10-11-28)21(30)27-13/h2-5,7,12-13,16,18,20,28-29H,6,8-11,26H2,1H3,(H,27,30)/t13-,16?,18+,20+,22-,23-/m1/s1. The lowest BCUT2D eigenvalue weighted by Gasteiger charge is -2.55. The highest BCUT2D eigenvalue weighted by Gasteiger charge is 2.68. The number of benzene rings is 1. The van der Waals surface area contributed by atoms with Crippen molar-refractivity contribution in [2.45, 2.75) is 56.2 Å². The van der Waals surface area contributed by atoms with Gasteiger partial charge in [-0.3, -0.25) is 4.79 Å². The molecule has 0 radical (unpaired) electrons. The topological polar surface area (TPSA) is 95.6 Å². The van der Waals surface area contributed by atoms with E-state index in [0.29, 0.717) is 35.7 Å². The highest BCUT2D eigenvalue weighted by atomic mass is 35.5. The van der Waals surface area contributed by atoms with Gasteiger partial charge in [-0.1, -0.05) is 41.4 Å². The maximum absolute atomic E-state index is 13.1. The fourth-order valence-corrected chi connectivity index (χ4v) is 6.52. The Labute approximate surface area is 186 Å². The van der Waals surface area contributed by atoms with Crippen LogP contribution in [0.25, 0.3) is 0 Å². The first-order valence-electron chi connectivity index (χ1n) is 10.5. The molecule has 0 bridgehead atoms. The number of carbonyl (C=O) groups is 1. The lowest BCUT2D eigenvalue weighted by atomic mass is 9.49. The van der Waals surface area contributed by atoms with E-state index in [1.54, 1.807) is 6.08 Å². The summed E-state index contributed by atoms with van der Waals surface area (Å²) in [5, 5.41) is 24.0. The lowest BCUT2D eigenvalue weighted by molar-refractivity contribution is -0.133. The van der Waals surface area contributed by atoms with Crippen LogP contribution in [0, 0.1) is 11.3 Å². The summed E-state index contributed by atoms with van der Waals surface area (Å²) >= 11 is 12.7. The van der Waals surface area contributed by atoms with Crippen LogP contribution < -0.4 is 11.1 Å². The maximum Gasteiger partial charge on any atom is 0.228 e. The van der Waals surface area contributed by atoms with Crippen molar-refractivity contribution in [3.05, 3.63) is 57.6 Å². The van der Waals surface area contributed by atoms with Gasteiger partial charge in [-0.15, -0.1) is 0 Å². The third-order valence-electron chi connectivity index (χ3n) is 7.49. The molecular formula is C23H28Cl2N2O3. The molecule has 1 saturated carbocycles. The highest BCUT2D eigenvalue weighted by Crippen LogP contribution is 2.61. The minimum atomic E-state index is -0.919. The van der Waals surface area contributed by atoms with Crippen LogP contribution >= 0.6 is 23.2 Å². The van der Waals surface area contributed by atoms with Crippen LogP contribution in [0.2, 0.25) is 5.02 Å². The van der Waals surface area contributed by atoms with E-state index < -0.39 is 17.1 Å². The third kappa shape index (κ3) is 3.14. The Bertz CT molecular complexity index is 900. The van der Waals surface area contributed by atoms with Crippen molar-refractivity contribution in [3.63, 3.8) is 0 Å². The summed E-state index contributed by atoms with van der Waals surface area (Å²) in [5.74, 6) is -0.319. The Morgan fingerprint density at radius 2 is 1.97 bits per heavy atom. The zero-order valence-electron chi connectivity index (χ0n) is 16.9. The summed E-state index contributed by atoms with van der Waals surface area (Å²) < 4.78 is 0. The molecule has 2 aliphatic carbocycles. The number of hydrogen-bond donors (Lipinski definition) is 4. The number of fused-ring (bicyclic) bond motifs is 1. The number of nitrogens with two attached hydrogens (primary N) is 1. The van der Waals surface area contributed by atoms with Crippen molar-refractivity contribution >= 4 is 29.1 Å². The Kier molecular flexibility index (Phi) is 5.79. The van der Waals surface area contributed by atoms with Gasteiger partial charge in [0.15, 0.2) is 0 Å². The predicted octanol–water partition coefficient (Wildman–Crippen LogP) is 3.23. The van der Waals surface area contributed by atoms with E-state index >= 15 is 0 Å². The Morgan fingerprint density at radius 1 is 1.27 bits per heavy atom. The molecule has 1 aromatic rings. The molecule has 4 rings (SSSR count). The number of hydrogen-bond acceptors (Lipinski definition) is 4. The average Bonchev–Trinajstić information content (AvgIpc) is 2.89. The Morgan fingerprint density at radius 3 is 2.60 bits per heavy atom. The molecular weight excluding hydrogens is 423 g/mol. The van der Waals surface area contributed by atoms with Gasteiger partial charge in [0.1, 0.15) is 0 Å². The number of rotatable bonds is 4. The normalized spacial score (nSPS) is 38.5. The Balaban J connectivity index is 1.89. The molecule has 1 aromatic carbocycles. The molecule has 5 nitrogen and oxygen atoms in total. The molecule has 0 spiro atoms. The van der Waals surface area contributed by atoms with Crippen molar-refractivity contribution < 1.29 is 15.0 Å². The van der Waals surface area contributed by atoms with Gasteiger partial charge >= 0.3 is 0 Å². The molecule has 1 aliphatic heterocycles. The van der Waals surface area contributed by atoms with Crippen molar-refractivity contribution in [1.82, 2.24) is 5.32 Å². The molecule has 3 aliphatic rings. The van der Waals surface area contributed by atoms with Crippen molar-refractivity contribution in [3.8, 4) is 0 Å². The minimum Gasteiger partial charge on any atom is -0.396 e. The zero-order chi connectivity index (χ0) is 21.7. The van der Waals surface area contributed by atoms with Crippen LogP contribution in [0.15, 0.2) is 47.0 Å². The SMILES string of the molecule is C[C@H]1NC(=O)[C@]2(CCO)CC[C@@H](C3=CCC(O)C=C3Cl)[C@H](c3ccc(Cl)cc3)[C@]12N. The zero-order valence-corrected chi connectivity index (χ0v) is 18.5. The van der Waals surface area contributed by atoms with E-state index in [1.165, 1.54) is 0 Å². The molecule has 5 N–H and O–H groups in total. The molecule has 1 unspecified atom stereocenters. The lowest BCUT2D eigenvalue weighted by Crippen LogP contribution is -2.67. The number of aliphatic hydroxyl groups is 2. The molecule has 6 atom stereocenters. The molecule has 1 heterocycles. The number of amides is 1. The van der Waals surface area contributed by atoms with Crippen molar-refractivity contribution in [2.24, 2.45) is 17.1 Å². The average molecular weight is 451 g/mol. The minimum absolute atomic E-state index is 0.0191. The van der Waals surface area contributed by atoms with E-state index in [9.17, 15) is 15.0 Å². The largest absolute Gasteiger partial charge is 0.396 e. The van der Waals surface area contributed by atoms with Gasteiger partial charge in [0.05, 0.1) is 17.1 Å². The second kappa shape index (κ2) is 7.95. The molecule has 1 saturated heterocycles. The highest BCUT2D eigenvalue weighted by molar-refractivity contribution is 6.32. The second-order valence-corrected chi connectivity index (χ2v) is 9.68. The number of carbonyl (C=O) groups excluding carboxylic acids is 1. The van der Waals surface area contributed by atoms with E-state index in [1.807, 2.05) is 37.3 Å². The van der Waals surface area contributed by atoms with Gasteiger partial charge in [0.2, 0.25) is 5.91 Å². The van der Waals surface area contributed by atoms with Crippen LogP contribution in [0.4, 0.5) is 0 Å². The van der Waals surface area contributed by atoms with E-state index in [0.717, 1.165) is 11.1 Å². The summed E-state index contributed by atoms with van der Waals surface area (Å²) in [6.45, 7) is 1.84. The molecule has 1 amide bonds. The van der Waals surface area contributed by atoms with Gasteiger partial charge < -0.3 is 21.3 Å². The first-order valence-corrected chi connectivity index (χ1v) is 11.2. The summed E-state index contributed by atoms with van der Waals surface area (Å²) in [4.78, 5) is 13.1. The Hall–Kier alpha value is -1.37. The molecule has 30 heavy (non-hydrogen) atoms. The van der Waals surface area contributed by atoms with Crippen LogP contribution in [-0.2, 0) is 4.79 Å². The van der Waals surface area contributed by atoms with Crippen molar-refractivity contribution in [1.29, 1.82) is 0 Å². The number of nitrogens with one attached hydrogen (secondary N) is 1. The summed E-state index contributed by atoms with van der Waals surface area (Å²) in [6, 6.07) is 7.33.